The van der Waals surface area contributed by atoms with Crippen LogP contribution in [0.25, 0.3) is 0 Å². The van der Waals surface area contributed by atoms with Crippen molar-refractivity contribution in [1.82, 2.24) is 0 Å². The molecule has 1 aromatic carbocycles. The Kier molecular flexibility index (Phi) is 4.15. The highest BCUT2D eigenvalue weighted by Gasteiger charge is 2.12. The van der Waals surface area contributed by atoms with Gasteiger partial charge in [-0.2, -0.15) is 0 Å². The molecule has 0 aliphatic carbocycles. The second-order valence-electron chi connectivity index (χ2n) is 3.28. The van der Waals surface area contributed by atoms with Crippen molar-refractivity contribution in [2.45, 2.75) is 24.8 Å². The molecule has 1 N–H and O–H groups in total. The van der Waals surface area contributed by atoms with E-state index in [1.807, 2.05) is 19.1 Å². The van der Waals surface area contributed by atoms with Crippen LogP contribution < -0.4 is 4.74 Å². The first-order valence-electron chi connectivity index (χ1n) is 4.64. The largest absolute Gasteiger partial charge is 0.479 e. The lowest BCUT2D eigenvalue weighted by atomic mass is 10.2. The number of hydrogen-bond donors (Lipinski definition) is 1. The lowest BCUT2D eigenvalue weighted by Gasteiger charge is -2.11. The molecule has 0 aromatic heterocycles. The summed E-state index contributed by atoms with van der Waals surface area (Å²) in [6, 6.07) is 7.35. The average molecular weight is 273 g/mol. The maximum absolute atomic E-state index is 10.5. The van der Waals surface area contributed by atoms with E-state index in [1.54, 1.807) is 12.1 Å². The van der Waals surface area contributed by atoms with Crippen LogP contribution in [0.2, 0.25) is 0 Å². The van der Waals surface area contributed by atoms with Crippen molar-refractivity contribution in [2.24, 2.45) is 0 Å². The van der Waals surface area contributed by atoms with E-state index in [9.17, 15) is 4.79 Å². The van der Waals surface area contributed by atoms with Gasteiger partial charge in [0.05, 0.1) is 0 Å². The van der Waals surface area contributed by atoms with Crippen molar-refractivity contribution in [2.75, 3.05) is 0 Å². The number of benzene rings is 1. The zero-order chi connectivity index (χ0) is 11.4. The molecule has 2 unspecified atom stereocenters. The van der Waals surface area contributed by atoms with Gasteiger partial charge in [0.25, 0.3) is 0 Å². The second-order valence-corrected chi connectivity index (χ2v) is 4.66. The van der Waals surface area contributed by atoms with Crippen molar-refractivity contribution in [3.63, 3.8) is 0 Å². The fraction of sp³-hybridized carbons (Fsp3) is 0.364. The molecule has 15 heavy (non-hydrogen) atoms. The minimum Gasteiger partial charge on any atom is -0.479 e. The molecule has 0 bridgehead atoms. The molecule has 2 atom stereocenters. The van der Waals surface area contributed by atoms with Crippen molar-refractivity contribution in [3.8, 4) is 5.75 Å². The van der Waals surface area contributed by atoms with Crippen LogP contribution in [0.1, 0.15) is 24.2 Å². The summed E-state index contributed by atoms with van der Waals surface area (Å²) in [6.07, 6.45) is -0.822. The summed E-state index contributed by atoms with van der Waals surface area (Å²) in [7, 11) is 0. The molecule has 0 amide bonds. The molecule has 3 nitrogen and oxygen atoms in total. The molecule has 82 valence electrons. The molecule has 4 heteroatoms. The van der Waals surface area contributed by atoms with Gasteiger partial charge in [-0.1, -0.05) is 28.1 Å². The zero-order valence-corrected chi connectivity index (χ0v) is 10.2. The van der Waals surface area contributed by atoms with Crippen LogP contribution >= 0.6 is 15.9 Å². The van der Waals surface area contributed by atoms with Gasteiger partial charge in [0.1, 0.15) is 5.75 Å². The van der Waals surface area contributed by atoms with Crippen molar-refractivity contribution < 1.29 is 14.6 Å². The Bertz CT molecular complexity index is 332. The van der Waals surface area contributed by atoms with Crippen LogP contribution in [0.5, 0.6) is 5.75 Å². The minimum atomic E-state index is -0.965. The van der Waals surface area contributed by atoms with Crippen LogP contribution in [0.3, 0.4) is 0 Å². The van der Waals surface area contributed by atoms with Crippen molar-refractivity contribution >= 4 is 21.9 Å². The van der Waals surface area contributed by atoms with Gasteiger partial charge in [0, 0.05) is 4.83 Å². The number of carboxylic acid groups (broad SMARTS) is 1. The molecule has 0 saturated heterocycles. The monoisotopic (exact) mass is 272 g/mol. The van der Waals surface area contributed by atoms with E-state index in [1.165, 1.54) is 6.92 Å². The Labute approximate surface area is 97.2 Å². The van der Waals surface area contributed by atoms with Gasteiger partial charge < -0.3 is 9.84 Å². The first-order valence-corrected chi connectivity index (χ1v) is 5.55. The van der Waals surface area contributed by atoms with E-state index in [-0.39, 0.29) is 4.83 Å². The molecule has 1 rings (SSSR count). The number of carbonyl (C=O) groups is 1. The summed E-state index contributed by atoms with van der Waals surface area (Å²) in [5, 5.41) is 8.65. The molecule has 0 fully saturated rings. The summed E-state index contributed by atoms with van der Waals surface area (Å²) in [5.41, 5.74) is 1.13. The highest BCUT2D eigenvalue weighted by Crippen LogP contribution is 2.24. The Balaban J connectivity index is 2.68. The van der Waals surface area contributed by atoms with Crippen LogP contribution in [0, 0.1) is 0 Å². The van der Waals surface area contributed by atoms with Gasteiger partial charge in [0.15, 0.2) is 6.10 Å². The number of alkyl halides is 1. The van der Waals surface area contributed by atoms with Crippen LogP contribution in [-0.2, 0) is 4.79 Å². The smallest absolute Gasteiger partial charge is 0.344 e. The molecule has 0 aliphatic heterocycles. The van der Waals surface area contributed by atoms with E-state index in [2.05, 4.69) is 15.9 Å². The van der Waals surface area contributed by atoms with Gasteiger partial charge >= 0.3 is 5.97 Å². The van der Waals surface area contributed by atoms with Gasteiger partial charge in [0.2, 0.25) is 0 Å². The number of rotatable bonds is 4. The zero-order valence-electron chi connectivity index (χ0n) is 8.61. The second kappa shape index (κ2) is 5.16. The third-order valence-electron chi connectivity index (χ3n) is 2.00. The summed E-state index contributed by atoms with van der Waals surface area (Å²) >= 11 is 3.45. The number of aliphatic carboxylic acids is 1. The molecular formula is C11H13BrO3. The minimum absolute atomic E-state index is 0.281. The van der Waals surface area contributed by atoms with Crippen LogP contribution in [-0.4, -0.2) is 17.2 Å². The quantitative estimate of drug-likeness (QED) is 0.858. The van der Waals surface area contributed by atoms with Crippen LogP contribution in [0.4, 0.5) is 0 Å². The summed E-state index contributed by atoms with van der Waals surface area (Å²) in [5.74, 6) is -0.394. The van der Waals surface area contributed by atoms with Crippen molar-refractivity contribution in [1.29, 1.82) is 0 Å². The fourth-order valence-corrected chi connectivity index (χ4v) is 1.37. The first kappa shape index (κ1) is 12.0. The lowest BCUT2D eigenvalue weighted by Crippen LogP contribution is -2.22. The maximum Gasteiger partial charge on any atom is 0.344 e. The predicted molar refractivity (Wildman–Crippen MR) is 61.5 cm³/mol. The molecule has 0 saturated carbocycles. The molecule has 0 heterocycles. The lowest BCUT2D eigenvalue weighted by molar-refractivity contribution is -0.144. The number of hydrogen-bond acceptors (Lipinski definition) is 2. The topological polar surface area (TPSA) is 46.5 Å². The third-order valence-corrected chi connectivity index (χ3v) is 2.53. The van der Waals surface area contributed by atoms with Gasteiger partial charge in [-0.3, -0.25) is 0 Å². The van der Waals surface area contributed by atoms with Gasteiger partial charge in [-0.25, -0.2) is 4.79 Å². The van der Waals surface area contributed by atoms with E-state index in [0.717, 1.165) is 5.56 Å². The number of ether oxygens (including phenoxy) is 1. The number of carboxylic acids is 1. The molecule has 0 aliphatic rings. The van der Waals surface area contributed by atoms with Crippen LogP contribution in [0.15, 0.2) is 24.3 Å². The SMILES string of the molecule is CC(Oc1ccc(C(C)Br)cc1)C(=O)O. The third kappa shape index (κ3) is 3.55. The summed E-state index contributed by atoms with van der Waals surface area (Å²) in [4.78, 5) is 10.8. The first-order chi connectivity index (χ1) is 7.00. The highest BCUT2D eigenvalue weighted by molar-refractivity contribution is 9.09. The van der Waals surface area contributed by atoms with Gasteiger partial charge in [-0.15, -0.1) is 0 Å². The van der Waals surface area contributed by atoms with E-state index < -0.39 is 12.1 Å². The predicted octanol–water partition coefficient (Wildman–Crippen LogP) is 2.99. The normalized spacial score (nSPS) is 14.3. The highest BCUT2D eigenvalue weighted by atomic mass is 79.9. The van der Waals surface area contributed by atoms with Gasteiger partial charge in [-0.05, 0) is 31.5 Å². The fourth-order valence-electron chi connectivity index (χ4n) is 1.07. The van der Waals surface area contributed by atoms with E-state index in [4.69, 9.17) is 9.84 Å². The molecule has 0 radical (unpaired) electrons. The Morgan fingerprint density at radius 2 is 1.87 bits per heavy atom. The molecule has 1 aromatic rings. The Morgan fingerprint density at radius 3 is 2.27 bits per heavy atom. The van der Waals surface area contributed by atoms with E-state index in [0.29, 0.717) is 5.75 Å². The Hall–Kier alpha value is -1.03. The number of halogens is 1. The van der Waals surface area contributed by atoms with Crippen molar-refractivity contribution in [3.05, 3.63) is 29.8 Å². The average Bonchev–Trinajstić information content (AvgIpc) is 2.18. The maximum atomic E-state index is 10.5. The summed E-state index contributed by atoms with van der Waals surface area (Å²) < 4.78 is 5.20. The summed E-state index contributed by atoms with van der Waals surface area (Å²) in [6.45, 7) is 3.53. The Morgan fingerprint density at radius 1 is 1.33 bits per heavy atom. The molecule has 0 spiro atoms. The molecular weight excluding hydrogens is 260 g/mol. The van der Waals surface area contributed by atoms with E-state index >= 15 is 0 Å². The standard InChI is InChI=1S/C11H13BrO3/c1-7(12)9-3-5-10(6-4-9)15-8(2)11(13)14/h3-8H,1-2H3,(H,13,14).